The molecule has 0 spiro atoms. The lowest BCUT2D eigenvalue weighted by atomic mass is 10.1. The highest BCUT2D eigenvalue weighted by Gasteiger charge is 2.15. The van der Waals surface area contributed by atoms with E-state index in [2.05, 4.69) is 10.9 Å². The average molecular weight is 176 g/mol. The number of anilines is 1. The van der Waals surface area contributed by atoms with Gasteiger partial charge in [-0.3, -0.25) is 0 Å². The van der Waals surface area contributed by atoms with Crippen molar-refractivity contribution in [2.24, 2.45) is 0 Å². The van der Waals surface area contributed by atoms with Gasteiger partial charge in [-0.2, -0.15) is 0 Å². The minimum absolute atomic E-state index is 0.447. The second-order valence-corrected chi connectivity index (χ2v) is 3.18. The number of nitrogens with zero attached hydrogens (tertiary/aromatic N) is 1. The van der Waals surface area contributed by atoms with Crippen LogP contribution in [0.4, 0.5) is 5.69 Å². The Balaban J connectivity index is 2.82. The highest BCUT2D eigenvalue weighted by Crippen LogP contribution is 2.16. The summed E-state index contributed by atoms with van der Waals surface area (Å²) in [5.74, 6) is 2.95. The molecule has 1 aromatic heterocycles. The van der Waals surface area contributed by atoms with Crippen LogP contribution in [0.15, 0.2) is 18.3 Å². The highest BCUT2D eigenvalue weighted by atomic mass is 16.5. The molecule has 0 bridgehead atoms. The van der Waals surface area contributed by atoms with Crippen molar-refractivity contribution in [2.75, 3.05) is 5.73 Å². The van der Waals surface area contributed by atoms with Crippen LogP contribution in [0.1, 0.15) is 13.8 Å². The molecule has 0 aliphatic rings. The number of nitrogen functional groups attached to an aromatic ring is 1. The van der Waals surface area contributed by atoms with Gasteiger partial charge in [0.15, 0.2) is 5.60 Å². The van der Waals surface area contributed by atoms with Crippen LogP contribution in [0.2, 0.25) is 0 Å². The number of nitrogens with two attached hydrogens (primary N) is 1. The Labute approximate surface area is 77.9 Å². The van der Waals surface area contributed by atoms with E-state index in [1.54, 1.807) is 32.2 Å². The molecule has 0 amide bonds. The van der Waals surface area contributed by atoms with Crippen molar-refractivity contribution in [1.29, 1.82) is 0 Å². The van der Waals surface area contributed by atoms with Crippen molar-refractivity contribution < 1.29 is 4.74 Å². The van der Waals surface area contributed by atoms with E-state index in [1.165, 1.54) is 0 Å². The Kier molecular flexibility index (Phi) is 2.43. The Morgan fingerprint density at radius 2 is 2.31 bits per heavy atom. The molecular formula is C10H12N2O. The summed E-state index contributed by atoms with van der Waals surface area (Å²) in [4.78, 5) is 3.97. The van der Waals surface area contributed by atoms with Gasteiger partial charge in [0.2, 0.25) is 5.88 Å². The molecule has 3 heteroatoms. The fraction of sp³-hybridized carbons (Fsp3) is 0.300. The summed E-state index contributed by atoms with van der Waals surface area (Å²) in [6.45, 7) is 3.58. The molecule has 3 nitrogen and oxygen atoms in total. The second kappa shape index (κ2) is 3.36. The topological polar surface area (TPSA) is 48.1 Å². The normalized spacial score (nSPS) is 10.5. The predicted molar refractivity (Wildman–Crippen MR) is 52.2 cm³/mol. The molecule has 0 aliphatic carbocycles. The van der Waals surface area contributed by atoms with Gasteiger partial charge in [-0.25, -0.2) is 4.98 Å². The van der Waals surface area contributed by atoms with Crippen LogP contribution in [0, 0.1) is 12.3 Å². The van der Waals surface area contributed by atoms with Gasteiger partial charge in [-0.05, 0) is 19.9 Å². The van der Waals surface area contributed by atoms with E-state index in [-0.39, 0.29) is 0 Å². The first kappa shape index (κ1) is 9.40. The predicted octanol–water partition coefficient (Wildman–Crippen LogP) is 1.45. The van der Waals surface area contributed by atoms with Gasteiger partial charge >= 0.3 is 0 Å². The zero-order valence-electron chi connectivity index (χ0n) is 7.74. The number of aromatic nitrogens is 1. The van der Waals surface area contributed by atoms with Crippen molar-refractivity contribution in [3.8, 4) is 18.2 Å². The molecule has 1 aromatic rings. The van der Waals surface area contributed by atoms with Crippen molar-refractivity contribution in [2.45, 2.75) is 19.4 Å². The lowest BCUT2D eigenvalue weighted by Crippen LogP contribution is -2.25. The molecule has 0 fully saturated rings. The van der Waals surface area contributed by atoms with Crippen molar-refractivity contribution in [1.82, 2.24) is 4.98 Å². The van der Waals surface area contributed by atoms with Crippen molar-refractivity contribution >= 4 is 5.69 Å². The van der Waals surface area contributed by atoms with Gasteiger partial charge in [-0.15, -0.1) is 6.42 Å². The first-order valence-electron chi connectivity index (χ1n) is 3.92. The van der Waals surface area contributed by atoms with Crippen LogP contribution in [0.5, 0.6) is 5.88 Å². The number of ether oxygens (including phenoxy) is 1. The molecule has 13 heavy (non-hydrogen) atoms. The van der Waals surface area contributed by atoms with E-state index in [1.807, 2.05) is 0 Å². The van der Waals surface area contributed by atoms with E-state index in [4.69, 9.17) is 16.9 Å². The molecule has 0 atom stereocenters. The number of pyridine rings is 1. The van der Waals surface area contributed by atoms with Crippen LogP contribution >= 0.6 is 0 Å². The summed E-state index contributed by atoms with van der Waals surface area (Å²) in [6, 6.07) is 3.33. The minimum atomic E-state index is -0.652. The molecule has 1 heterocycles. The van der Waals surface area contributed by atoms with E-state index in [9.17, 15) is 0 Å². The SMILES string of the molecule is C#CC(C)(C)Oc1cc(N)ccn1. The first-order valence-corrected chi connectivity index (χ1v) is 3.92. The second-order valence-electron chi connectivity index (χ2n) is 3.18. The molecular weight excluding hydrogens is 164 g/mol. The maximum Gasteiger partial charge on any atom is 0.216 e. The third-order valence-corrected chi connectivity index (χ3v) is 1.47. The number of rotatable bonds is 2. The van der Waals surface area contributed by atoms with Crippen LogP contribution in [0.3, 0.4) is 0 Å². The number of hydrogen-bond donors (Lipinski definition) is 1. The minimum Gasteiger partial charge on any atom is -0.458 e. The monoisotopic (exact) mass is 176 g/mol. The number of hydrogen-bond acceptors (Lipinski definition) is 3. The highest BCUT2D eigenvalue weighted by molar-refractivity contribution is 5.39. The molecule has 0 aliphatic heterocycles. The molecule has 1 rings (SSSR count). The van der Waals surface area contributed by atoms with Crippen LogP contribution < -0.4 is 10.5 Å². The zero-order chi connectivity index (χ0) is 9.90. The zero-order valence-corrected chi connectivity index (χ0v) is 7.74. The summed E-state index contributed by atoms with van der Waals surface area (Å²) in [5, 5.41) is 0. The van der Waals surface area contributed by atoms with Gasteiger partial charge in [0.05, 0.1) is 0 Å². The Bertz CT molecular complexity index is 339. The lowest BCUT2D eigenvalue weighted by molar-refractivity contribution is 0.165. The Hall–Kier alpha value is -1.69. The fourth-order valence-corrected chi connectivity index (χ4v) is 0.771. The maximum atomic E-state index is 5.55. The van der Waals surface area contributed by atoms with Gasteiger partial charge < -0.3 is 10.5 Å². The number of terminal acetylenes is 1. The van der Waals surface area contributed by atoms with Gasteiger partial charge in [-0.1, -0.05) is 5.92 Å². The summed E-state index contributed by atoms with van der Waals surface area (Å²) >= 11 is 0. The largest absolute Gasteiger partial charge is 0.458 e. The van der Waals surface area contributed by atoms with E-state index >= 15 is 0 Å². The lowest BCUT2D eigenvalue weighted by Gasteiger charge is -2.19. The summed E-state index contributed by atoms with van der Waals surface area (Å²) in [7, 11) is 0. The van der Waals surface area contributed by atoms with Crippen LogP contribution in [-0.4, -0.2) is 10.6 Å². The quantitative estimate of drug-likeness (QED) is 0.694. The maximum absolute atomic E-state index is 5.55. The molecule has 0 saturated carbocycles. The Morgan fingerprint density at radius 1 is 1.62 bits per heavy atom. The molecule has 0 radical (unpaired) electrons. The smallest absolute Gasteiger partial charge is 0.216 e. The average Bonchev–Trinajstić information content (AvgIpc) is 2.03. The molecule has 0 unspecified atom stereocenters. The van der Waals surface area contributed by atoms with E-state index < -0.39 is 5.60 Å². The standard InChI is InChI=1S/C10H12N2O/c1-4-10(2,3)13-9-7-8(11)5-6-12-9/h1,5-7H,2-3H3,(H2,11,12). The molecule has 68 valence electrons. The van der Waals surface area contributed by atoms with E-state index in [0.29, 0.717) is 11.6 Å². The van der Waals surface area contributed by atoms with Gasteiger partial charge in [0.25, 0.3) is 0 Å². The first-order chi connectivity index (χ1) is 6.03. The van der Waals surface area contributed by atoms with E-state index in [0.717, 1.165) is 0 Å². The van der Waals surface area contributed by atoms with Gasteiger partial charge in [0.1, 0.15) is 0 Å². The van der Waals surface area contributed by atoms with Crippen molar-refractivity contribution in [3.05, 3.63) is 18.3 Å². The fourth-order valence-electron chi connectivity index (χ4n) is 0.771. The third kappa shape index (κ3) is 2.68. The summed E-state index contributed by atoms with van der Waals surface area (Å²) < 4.78 is 5.40. The Morgan fingerprint density at radius 3 is 2.85 bits per heavy atom. The summed E-state index contributed by atoms with van der Waals surface area (Å²) in [5.41, 5.74) is 5.50. The molecule has 0 aromatic carbocycles. The van der Waals surface area contributed by atoms with Gasteiger partial charge in [0, 0.05) is 18.0 Å². The van der Waals surface area contributed by atoms with Crippen LogP contribution in [-0.2, 0) is 0 Å². The molecule has 2 N–H and O–H groups in total. The van der Waals surface area contributed by atoms with Crippen molar-refractivity contribution in [3.63, 3.8) is 0 Å². The third-order valence-electron chi connectivity index (χ3n) is 1.47. The molecule has 0 saturated heterocycles. The van der Waals surface area contributed by atoms with Crippen LogP contribution in [0.25, 0.3) is 0 Å². The summed E-state index contributed by atoms with van der Waals surface area (Å²) in [6.07, 6.45) is 6.84.